The van der Waals surface area contributed by atoms with E-state index in [1.807, 2.05) is 0 Å². The summed E-state index contributed by atoms with van der Waals surface area (Å²) in [5.74, 6) is 1.01. The molecule has 0 amide bonds. The fourth-order valence-electron chi connectivity index (χ4n) is 2.26. The Morgan fingerprint density at radius 2 is 1.78 bits per heavy atom. The number of aryl methyl sites for hydroxylation is 2. The number of benzene rings is 1. The van der Waals surface area contributed by atoms with Gasteiger partial charge in [-0.1, -0.05) is 12.1 Å². The first-order chi connectivity index (χ1) is 8.69. The van der Waals surface area contributed by atoms with Crippen molar-refractivity contribution in [2.24, 2.45) is 5.73 Å². The van der Waals surface area contributed by atoms with E-state index in [0.29, 0.717) is 0 Å². The number of nitrogens with two attached hydrogens (primary N) is 1. The summed E-state index contributed by atoms with van der Waals surface area (Å²) >= 11 is 0. The van der Waals surface area contributed by atoms with E-state index in [2.05, 4.69) is 31.3 Å². The van der Waals surface area contributed by atoms with Crippen LogP contribution in [0.15, 0.2) is 12.1 Å². The van der Waals surface area contributed by atoms with Crippen molar-refractivity contribution in [3.63, 3.8) is 0 Å². The standard InChI is InChI=1S/C15H26N2O/c1-12-10-14(11-13(2)15(12)18-3)6-9-17-8-5-4-7-16/h10-11,17H,4-9,16H2,1-3H3. The molecule has 1 aromatic carbocycles. The van der Waals surface area contributed by atoms with Crippen LogP contribution in [0.1, 0.15) is 29.5 Å². The van der Waals surface area contributed by atoms with Crippen molar-refractivity contribution in [2.45, 2.75) is 33.1 Å². The number of unbranched alkanes of at least 4 members (excludes halogenated alkanes) is 1. The molecule has 0 aliphatic rings. The van der Waals surface area contributed by atoms with Crippen LogP contribution in [0.3, 0.4) is 0 Å². The molecule has 0 saturated heterocycles. The molecule has 3 nitrogen and oxygen atoms in total. The number of rotatable bonds is 8. The van der Waals surface area contributed by atoms with Crippen molar-refractivity contribution in [1.82, 2.24) is 5.32 Å². The molecule has 0 aliphatic heterocycles. The van der Waals surface area contributed by atoms with Crippen molar-refractivity contribution in [3.8, 4) is 5.75 Å². The maximum atomic E-state index is 5.46. The van der Waals surface area contributed by atoms with Gasteiger partial charge in [0.15, 0.2) is 0 Å². The third-order valence-corrected chi connectivity index (χ3v) is 3.12. The number of methoxy groups -OCH3 is 1. The minimum atomic E-state index is 0.790. The Labute approximate surface area is 111 Å². The molecular weight excluding hydrogens is 224 g/mol. The third kappa shape index (κ3) is 4.67. The zero-order valence-corrected chi connectivity index (χ0v) is 11.9. The molecule has 3 heteroatoms. The van der Waals surface area contributed by atoms with Gasteiger partial charge in [0.1, 0.15) is 5.75 Å². The molecule has 3 N–H and O–H groups in total. The smallest absolute Gasteiger partial charge is 0.124 e. The first kappa shape index (κ1) is 15.0. The minimum Gasteiger partial charge on any atom is -0.496 e. The fraction of sp³-hybridized carbons (Fsp3) is 0.600. The van der Waals surface area contributed by atoms with Gasteiger partial charge < -0.3 is 15.8 Å². The van der Waals surface area contributed by atoms with Gasteiger partial charge in [-0.2, -0.15) is 0 Å². The summed E-state index contributed by atoms with van der Waals surface area (Å²) in [7, 11) is 1.73. The van der Waals surface area contributed by atoms with Gasteiger partial charge in [0.05, 0.1) is 7.11 Å². The lowest BCUT2D eigenvalue weighted by molar-refractivity contribution is 0.408. The summed E-state index contributed by atoms with van der Waals surface area (Å²) in [6.07, 6.45) is 3.33. The number of hydrogen-bond donors (Lipinski definition) is 2. The van der Waals surface area contributed by atoms with Gasteiger partial charge in [0.25, 0.3) is 0 Å². The van der Waals surface area contributed by atoms with E-state index < -0.39 is 0 Å². The quantitative estimate of drug-likeness (QED) is 0.695. The number of ether oxygens (including phenoxy) is 1. The zero-order valence-electron chi connectivity index (χ0n) is 11.9. The SMILES string of the molecule is COc1c(C)cc(CCNCCCCN)cc1C. The van der Waals surface area contributed by atoms with E-state index in [0.717, 1.165) is 44.6 Å². The Balaban J connectivity index is 2.39. The highest BCUT2D eigenvalue weighted by atomic mass is 16.5. The monoisotopic (exact) mass is 250 g/mol. The molecule has 1 aromatic rings. The second-order valence-corrected chi connectivity index (χ2v) is 4.76. The van der Waals surface area contributed by atoms with Gasteiger partial charge >= 0.3 is 0 Å². The molecule has 0 aromatic heterocycles. The average molecular weight is 250 g/mol. The van der Waals surface area contributed by atoms with E-state index in [1.54, 1.807) is 7.11 Å². The first-order valence-corrected chi connectivity index (χ1v) is 6.74. The molecule has 0 radical (unpaired) electrons. The van der Waals surface area contributed by atoms with Crippen LogP contribution in [-0.4, -0.2) is 26.7 Å². The van der Waals surface area contributed by atoms with Crippen molar-refractivity contribution < 1.29 is 4.74 Å². The molecule has 18 heavy (non-hydrogen) atoms. The minimum absolute atomic E-state index is 0.790. The van der Waals surface area contributed by atoms with Crippen molar-refractivity contribution in [3.05, 3.63) is 28.8 Å². The largest absolute Gasteiger partial charge is 0.496 e. The average Bonchev–Trinajstić information content (AvgIpc) is 2.33. The summed E-state index contributed by atoms with van der Waals surface area (Å²) in [5, 5.41) is 3.45. The van der Waals surface area contributed by atoms with E-state index in [9.17, 15) is 0 Å². The van der Waals surface area contributed by atoms with Crippen molar-refractivity contribution in [2.75, 3.05) is 26.7 Å². The van der Waals surface area contributed by atoms with E-state index >= 15 is 0 Å². The molecule has 0 fully saturated rings. The number of hydrogen-bond acceptors (Lipinski definition) is 3. The van der Waals surface area contributed by atoms with E-state index in [4.69, 9.17) is 10.5 Å². The van der Waals surface area contributed by atoms with E-state index in [1.165, 1.54) is 16.7 Å². The Morgan fingerprint density at radius 3 is 2.33 bits per heavy atom. The molecule has 0 atom stereocenters. The molecule has 0 aliphatic carbocycles. The second kappa shape index (κ2) is 8.11. The maximum absolute atomic E-state index is 5.46. The predicted octanol–water partition coefficient (Wildman–Crippen LogP) is 2.18. The van der Waals surface area contributed by atoms with Gasteiger partial charge in [-0.05, 0) is 69.4 Å². The van der Waals surface area contributed by atoms with Crippen LogP contribution < -0.4 is 15.8 Å². The predicted molar refractivity (Wildman–Crippen MR) is 77.3 cm³/mol. The maximum Gasteiger partial charge on any atom is 0.124 e. The highest BCUT2D eigenvalue weighted by Crippen LogP contribution is 2.24. The van der Waals surface area contributed by atoms with Crippen LogP contribution >= 0.6 is 0 Å². The van der Waals surface area contributed by atoms with Gasteiger partial charge in [0.2, 0.25) is 0 Å². The van der Waals surface area contributed by atoms with Crippen molar-refractivity contribution >= 4 is 0 Å². The molecule has 0 heterocycles. The lowest BCUT2D eigenvalue weighted by atomic mass is 10.0. The van der Waals surface area contributed by atoms with Crippen molar-refractivity contribution in [1.29, 1.82) is 0 Å². The highest BCUT2D eigenvalue weighted by molar-refractivity contribution is 5.43. The Morgan fingerprint density at radius 1 is 1.11 bits per heavy atom. The molecule has 1 rings (SSSR count). The number of nitrogens with one attached hydrogen (secondary N) is 1. The van der Waals surface area contributed by atoms with Crippen LogP contribution in [0, 0.1) is 13.8 Å². The fourth-order valence-corrected chi connectivity index (χ4v) is 2.26. The Hall–Kier alpha value is -1.06. The van der Waals surface area contributed by atoms with Crippen LogP contribution in [-0.2, 0) is 6.42 Å². The first-order valence-electron chi connectivity index (χ1n) is 6.74. The summed E-state index contributed by atoms with van der Waals surface area (Å²) in [6.45, 7) is 7.08. The third-order valence-electron chi connectivity index (χ3n) is 3.12. The lowest BCUT2D eigenvalue weighted by Crippen LogP contribution is -2.19. The second-order valence-electron chi connectivity index (χ2n) is 4.76. The van der Waals surface area contributed by atoms with Gasteiger partial charge in [0, 0.05) is 0 Å². The molecule has 102 valence electrons. The Bertz CT molecular complexity index is 341. The topological polar surface area (TPSA) is 47.3 Å². The van der Waals surface area contributed by atoms with Gasteiger partial charge in [-0.15, -0.1) is 0 Å². The molecule has 0 unspecified atom stereocenters. The van der Waals surface area contributed by atoms with E-state index in [-0.39, 0.29) is 0 Å². The summed E-state index contributed by atoms with van der Waals surface area (Å²) < 4.78 is 5.37. The van der Waals surface area contributed by atoms with Crippen LogP contribution in [0.25, 0.3) is 0 Å². The summed E-state index contributed by atoms with van der Waals surface area (Å²) in [5.41, 5.74) is 9.26. The van der Waals surface area contributed by atoms with Gasteiger partial charge in [-0.25, -0.2) is 0 Å². The Kier molecular flexibility index (Phi) is 6.76. The normalized spacial score (nSPS) is 10.7. The van der Waals surface area contributed by atoms with Crippen LogP contribution in [0.2, 0.25) is 0 Å². The van der Waals surface area contributed by atoms with Crippen LogP contribution in [0.5, 0.6) is 5.75 Å². The molecular formula is C15H26N2O. The van der Waals surface area contributed by atoms with Crippen LogP contribution in [0.4, 0.5) is 0 Å². The van der Waals surface area contributed by atoms with Gasteiger partial charge in [-0.3, -0.25) is 0 Å². The highest BCUT2D eigenvalue weighted by Gasteiger charge is 2.04. The molecule has 0 spiro atoms. The lowest BCUT2D eigenvalue weighted by Gasteiger charge is -2.11. The summed E-state index contributed by atoms with van der Waals surface area (Å²) in [4.78, 5) is 0. The zero-order chi connectivity index (χ0) is 13.4. The summed E-state index contributed by atoms with van der Waals surface area (Å²) in [6, 6.07) is 4.43. The molecule has 0 saturated carbocycles. The molecule has 0 bridgehead atoms.